The second-order valence-corrected chi connectivity index (χ2v) is 4.62. The molecule has 0 unspecified atom stereocenters. The molecular formula is C10H16O4. The van der Waals surface area contributed by atoms with Gasteiger partial charge in [0.2, 0.25) is 5.76 Å². The van der Waals surface area contributed by atoms with Crippen molar-refractivity contribution in [1.29, 1.82) is 0 Å². The average molecular weight is 200 g/mol. The van der Waals surface area contributed by atoms with Crippen molar-refractivity contribution in [1.82, 2.24) is 0 Å². The predicted molar refractivity (Wildman–Crippen MR) is 50.4 cm³/mol. The highest BCUT2D eigenvalue weighted by Crippen LogP contribution is 2.35. The van der Waals surface area contributed by atoms with Crippen LogP contribution < -0.4 is 0 Å². The van der Waals surface area contributed by atoms with Gasteiger partial charge in [-0.1, -0.05) is 20.8 Å². The minimum absolute atomic E-state index is 0.0253. The molecule has 14 heavy (non-hydrogen) atoms. The molecule has 0 saturated carbocycles. The third-order valence-electron chi connectivity index (χ3n) is 2.39. The van der Waals surface area contributed by atoms with Crippen LogP contribution in [-0.2, 0) is 9.53 Å². The first-order valence-corrected chi connectivity index (χ1v) is 4.60. The van der Waals surface area contributed by atoms with E-state index in [2.05, 4.69) is 0 Å². The number of aliphatic hydroxyl groups is 1. The Balaban J connectivity index is 2.89. The van der Waals surface area contributed by atoms with Gasteiger partial charge in [-0.25, -0.2) is 4.79 Å². The van der Waals surface area contributed by atoms with Gasteiger partial charge < -0.3 is 14.9 Å². The molecule has 0 amide bonds. The summed E-state index contributed by atoms with van der Waals surface area (Å²) in [6.07, 6.45) is 1.02. The molecule has 1 aliphatic heterocycles. The molecule has 0 radical (unpaired) electrons. The first kappa shape index (κ1) is 11.0. The first-order valence-electron chi connectivity index (χ1n) is 4.60. The van der Waals surface area contributed by atoms with Crippen LogP contribution in [0.1, 0.15) is 27.2 Å². The van der Waals surface area contributed by atoms with Crippen LogP contribution >= 0.6 is 0 Å². The fraction of sp³-hybridized carbons (Fsp3) is 0.700. The molecule has 0 aromatic rings. The van der Waals surface area contributed by atoms with E-state index in [1.165, 1.54) is 0 Å². The van der Waals surface area contributed by atoms with Crippen molar-refractivity contribution in [3.63, 3.8) is 0 Å². The van der Waals surface area contributed by atoms with E-state index in [-0.39, 0.29) is 17.1 Å². The molecule has 0 aliphatic carbocycles. The van der Waals surface area contributed by atoms with E-state index in [1.54, 1.807) is 6.08 Å². The van der Waals surface area contributed by atoms with Gasteiger partial charge in [0.25, 0.3) is 0 Å². The van der Waals surface area contributed by atoms with E-state index >= 15 is 0 Å². The molecule has 0 aromatic heterocycles. The third kappa shape index (κ3) is 2.48. The number of rotatable bonds is 1. The maximum Gasteiger partial charge on any atom is 0.370 e. The normalized spacial score (nSPS) is 27.9. The number of carboxylic acid groups (broad SMARTS) is 1. The van der Waals surface area contributed by atoms with Crippen molar-refractivity contribution in [2.24, 2.45) is 11.3 Å². The third-order valence-corrected chi connectivity index (χ3v) is 2.39. The van der Waals surface area contributed by atoms with Crippen LogP contribution in [0.5, 0.6) is 0 Å². The van der Waals surface area contributed by atoms with Crippen molar-refractivity contribution in [2.45, 2.75) is 33.5 Å². The Morgan fingerprint density at radius 1 is 1.57 bits per heavy atom. The SMILES string of the molecule is CC(C)(C)[C@@H]1C=C(C(=O)O)O[C@H](O)C1. The van der Waals surface area contributed by atoms with Gasteiger partial charge in [-0.2, -0.15) is 0 Å². The Hall–Kier alpha value is -1.03. The van der Waals surface area contributed by atoms with Gasteiger partial charge in [0.1, 0.15) is 0 Å². The minimum atomic E-state index is -1.13. The maximum atomic E-state index is 10.7. The van der Waals surface area contributed by atoms with E-state index in [4.69, 9.17) is 9.84 Å². The van der Waals surface area contributed by atoms with Crippen LogP contribution in [0.4, 0.5) is 0 Å². The molecule has 0 saturated heterocycles. The summed E-state index contributed by atoms with van der Waals surface area (Å²) in [5.41, 5.74) is -0.0640. The molecule has 1 rings (SSSR count). The molecule has 2 atom stereocenters. The summed E-state index contributed by atoms with van der Waals surface area (Å²) < 4.78 is 4.79. The summed E-state index contributed by atoms with van der Waals surface area (Å²) in [6, 6.07) is 0. The Kier molecular flexibility index (Phi) is 2.85. The molecule has 80 valence electrons. The van der Waals surface area contributed by atoms with E-state index in [0.29, 0.717) is 6.42 Å². The van der Waals surface area contributed by atoms with Crippen LogP contribution in [-0.4, -0.2) is 22.5 Å². The summed E-state index contributed by atoms with van der Waals surface area (Å²) in [4.78, 5) is 10.7. The van der Waals surface area contributed by atoms with Crippen molar-refractivity contribution in [3.05, 3.63) is 11.8 Å². The fourth-order valence-electron chi connectivity index (χ4n) is 1.43. The van der Waals surface area contributed by atoms with Crippen LogP contribution in [0, 0.1) is 11.3 Å². The lowest BCUT2D eigenvalue weighted by molar-refractivity contribution is -0.148. The molecule has 4 nitrogen and oxygen atoms in total. The first-order chi connectivity index (χ1) is 6.30. The van der Waals surface area contributed by atoms with Gasteiger partial charge in [-0.3, -0.25) is 0 Å². The van der Waals surface area contributed by atoms with Crippen molar-refractivity contribution in [3.8, 4) is 0 Å². The molecular weight excluding hydrogens is 184 g/mol. The largest absolute Gasteiger partial charge is 0.475 e. The van der Waals surface area contributed by atoms with Gasteiger partial charge in [-0.05, 0) is 17.4 Å². The lowest BCUT2D eigenvalue weighted by Crippen LogP contribution is -2.31. The highest BCUT2D eigenvalue weighted by molar-refractivity contribution is 5.84. The van der Waals surface area contributed by atoms with Crippen molar-refractivity contribution < 1.29 is 19.7 Å². The predicted octanol–water partition coefficient (Wildman–Crippen LogP) is 1.36. The number of aliphatic carboxylic acids is 1. The summed E-state index contributed by atoms with van der Waals surface area (Å²) in [5, 5.41) is 18.1. The number of hydrogen-bond acceptors (Lipinski definition) is 3. The number of aliphatic hydroxyl groups excluding tert-OH is 1. The fourth-order valence-corrected chi connectivity index (χ4v) is 1.43. The Morgan fingerprint density at radius 3 is 2.57 bits per heavy atom. The highest BCUT2D eigenvalue weighted by atomic mass is 16.6. The van der Waals surface area contributed by atoms with Gasteiger partial charge in [0.15, 0.2) is 6.29 Å². The zero-order chi connectivity index (χ0) is 10.9. The maximum absolute atomic E-state index is 10.7. The Morgan fingerprint density at radius 2 is 2.14 bits per heavy atom. The molecule has 4 heteroatoms. The molecule has 1 aliphatic rings. The summed E-state index contributed by atoms with van der Waals surface area (Å²) in [7, 11) is 0. The van der Waals surface area contributed by atoms with Gasteiger partial charge >= 0.3 is 5.97 Å². The Bertz CT molecular complexity index is 262. The second kappa shape index (κ2) is 3.61. The summed E-state index contributed by atoms with van der Waals surface area (Å²) in [5.74, 6) is -1.25. The van der Waals surface area contributed by atoms with Crippen molar-refractivity contribution in [2.75, 3.05) is 0 Å². The van der Waals surface area contributed by atoms with E-state index in [0.717, 1.165) is 0 Å². The van der Waals surface area contributed by atoms with E-state index < -0.39 is 12.3 Å². The monoisotopic (exact) mass is 200 g/mol. The molecule has 0 bridgehead atoms. The van der Waals surface area contributed by atoms with Gasteiger partial charge in [0.05, 0.1) is 0 Å². The highest BCUT2D eigenvalue weighted by Gasteiger charge is 2.32. The molecule has 0 aromatic carbocycles. The molecule has 0 spiro atoms. The van der Waals surface area contributed by atoms with Crippen LogP contribution in [0.2, 0.25) is 0 Å². The van der Waals surface area contributed by atoms with Crippen LogP contribution in [0.25, 0.3) is 0 Å². The summed E-state index contributed by atoms with van der Waals surface area (Å²) in [6.45, 7) is 6.02. The number of carboxylic acids is 1. The topological polar surface area (TPSA) is 66.8 Å². The lowest BCUT2D eigenvalue weighted by atomic mass is 9.77. The minimum Gasteiger partial charge on any atom is -0.475 e. The molecule has 1 heterocycles. The number of allylic oxidation sites excluding steroid dienone is 1. The van der Waals surface area contributed by atoms with E-state index in [1.807, 2.05) is 20.8 Å². The van der Waals surface area contributed by atoms with Gasteiger partial charge in [0, 0.05) is 6.42 Å². The smallest absolute Gasteiger partial charge is 0.370 e. The average Bonchev–Trinajstić information content (AvgIpc) is 2.01. The second-order valence-electron chi connectivity index (χ2n) is 4.62. The van der Waals surface area contributed by atoms with Crippen LogP contribution in [0.3, 0.4) is 0 Å². The Labute approximate surface area is 83.2 Å². The standard InChI is InChI=1S/C10H16O4/c1-10(2,3)6-4-7(9(12)13)14-8(11)5-6/h4,6,8,11H,5H2,1-3H3,(H,12,13)/t6-,8+/m1/s1. The van der Waals surface area contributed by atoms with E-state index in [9.17, 15) is 9.90 Å². The summed E-state index contributed by atoms with van der Waals surface area (Å²) >= 11 is 0. The number of hydrogen-bond donors (Lipinski definition) is 2. The van der Waals surface area contributed by atoms with Crippen LogP contribution in [0.15, 0.2) is 11.8 Å². The van der Waals surface area contributed by atoms with Crippen molar-refractivity contribution >= 4 is 5.97 Å². The number of carbonyl (C=O) groups is 1. The zero-order valence-electron chi connectivity index (χ0n) is 8.65. The number of ether oxygens (including phenoxy) is 1. The quantitative estimate of drug-likeness (QED) is 0.670. The molecule has 2 N–H and O–H groups in total. The zero-order valence-corrected chi connectivity index (χ0v) is 8.65. The lowest BCUT2D eigenvalue weighted by Gasteiger charge is -2.33. The van der Waals surface area contributed by atoms with Gasteiger partial charge in [-0.15, -0.1) is 0 Å². The molecule has 0 fully saturated rings.